The number of hydrogen-bond acceptors (Lipinski definition) is 5. The Bertz CT molecular complexity index is 688. The van der Waals surface area contributed by atoms with Crippen molar-refractivity contribution in [3.8, 4) is 0 Å². The third-order valence-electron chi connectivity index (χ3n) is 4.22. The highest BCUT2D eigenvalue weighted by atomic mass is 35.5. The summed E-state index contributed by atoms with van der Waals surface area (Å²) in [5.41, 5.74) is 2.74. The molecule has 1 aliphatic rings. The third kappa shape index (κ3) is 3.47. The van der Waals surface area contributed by atoms with Crippen LogP contribution in [0.3, 0.4) is 0 Å². The van der Waals surface area contributed by atoms with Gasteiger partial charge in [-0.2, -0.15) is 0 Å². The summed E-state index contributed by atoms with van der Waals surface area (Å²) in [4.78, 5) is 20.6. The molecule has 1 amide bonds. The molecular formula is C16H19ClN4O2. The van der Waals surface area contributed by atoms with Crippen LogP contribution in [0.4, 0.5) is 5.69 Å². The Morgan fingerprint density at radius 3 is 2.65 bits per heavy atom. The zero-order valence-corrected chi connectivity index (χ0v) is 14.0. The topological polar surface area (TPSA) is 62.5 Å². The molecule has 3 heterocycles. The van der Waals surface area contributed by atoms with Gasteiger partial charge in [-0.05, 0) is 26.0 Å². The lowest BCUT2D eigenvalue weighted by molar-refractivity contribution is -0.130. The van der Waals surface area contributed by atoms with E-state index in [2.05, 4.69) is 15.0 Å². The summed E-state index contributed by atoms with van der Waals surface area (Å²) in [6, 6.07) is 3.79. The molecule has 3 rings (SSSR count). The number of carbonyl (C=O) groups excluding carboxylic acids is 1. The molecule has 0 spiro atoms. The molecule has 2 aromatic rings. The first kappa shape index (κ1) is 15.8. The largest absolute Gasteiger partial charge is 0.368 e. The molecule has 7 heteroatoms. The van der Waals surface area contributed by atoms with Crippen LogP contribution in [0.5, 0.6) is 0 Å². The maximum Gasteiger partial charge on any atom is 0.227 e. The Morgan fingerprint density at radius 2 is 2.04 bits per heavy atom. The summed E-state index contributed by atoms with van der Waals surface area (Å²) >= 11 is 5.94. The van der Waals surface area contributed by atoms with E-state index in [1.165, 1.54) is 0 Å². The second kappa shape index (κ2) is 6.58. The molecule has 0 aromatic carbocycles. The molecule has 0 atom stereocenters. The van der Waals surface area contributed by atoms with Gasteiger partial charge in [0.1, 0.15) is 10.9 Å². The predicted molar refractivity (Wildman–Crippen MR) is 87.7 cm³/mol. The van der Waals surface area contributed by atoms with Crippen molar-refractivity contribution in [1.82, 2.24) is 15.0 Å². The van der Waals surface area contributed by atoms with Crippen molar-refractivity contribution in [3.63, 3.8) is 0 Å². The van der Waals surface area contributed by atoms with Crippen molar-refractivity contribution in [2.45, 2.75) is 20.3 Å². The average molecular weight is 335 g/mol. The van der Waals surface area contributed by atoms with Gasteiger partial charge in [-0.3, -0.25) is 4.79 Å². The lowest BCUT2D eigenvalue weighted by atomic mass is 10.1. The van der Waals surface area contributed by atoms with Gasteiger partial charge in [-0.15, -0.1) is 0 Å². The molecule has 23 heavy (non-hydrogen) atoms. The second-order valence-corrected chi connectivity index (χ2v) is 6.07. The Morgan fingerprint density at radius 1 is 1.30 bits per heavy atom. The minimum Gasteiger partial charge on any atom is -0.368 e. The Labute approximate surface area is 140 Å². The predicted octanol–water partition coefficient (Wildman–Crippen LogP) is 2.23. The summed E-state index contributed by atoms with van der Waals surface area (Å²) in [6.07, 6.45) is 2.05. The van der Waals surface area contributed by atoms with E-state index in [1.807, 2.05) is 30.9 Å². The number of pyridine rings is 1. The number of aryl methyl sites for hydroxylation is 2. The number of nitrogens with zero attached hydrogens (tertiary/aromatic N) is 4. The van der Waals surface area contributed by atoms with Crippen LogP contribution in [-0.4, -0.2) is 47.1 Å². The number of amides is 1. The highest BCUT2D eigenvalue weighted by Crippen LogP contribution is 2.20. The summed E-state index contributed by atoms with van der Waals surface area (Å²) in [5.74, 6) is 0.840. The summed E-state index contributed by atoms with van der Waals surface area (Å²) in [5, 5.41) is 4.39. The number of aromatic nitrogens is 2. The van der Waals surface area contributed by atoms with Crippen LogP contribution < -0.4 is 4.90 Å². The summed E-state index contributed by atoms with van der Waals surface area (Å²) < 4.78 is 5.12. The molecule has 1 aliphatic heterocycles. The van der Waals surface area contributed by atoms with E-state index >= 15 is 0 Å². The highest BCUT2D eigenvalue weighted by Gasteiger charge is 2.23. The van der Waals surface area contributed by atoms with Crippen molar-refractivity contribution in [1.29, 1.82) is 0 Å². The molecule has 1 fully saturated rings. The molecule has 0 unspecified atom stereocenters. The van der Waals surface area contributed by atoms with E-state index in [9.17, 15) is 4.79 Å². The minimum absolute atomic E-state index is 0.117. The van der Waals surface area contributed by atoms with E-state index in [0.29, 0.717) is 24.7 Å². The fourth-order valence-corrected chi connectivity index (χ4v) is 2.99. The van der Waals surface area contributed by atoms with E-state index in [4.69, 9.17) is 16.1 Å². The number of anilines is 1. The van der Waals surface area contributed by atoms with Gasteiger partial charge in [0.25, 0.3) is 0 Å². The highest BCUT2D eigenvalue weighted by molar-refractivity contribution is 6.29. The van der Waals surface area contributed by atoms with Gasteiger partial charge >= 0.3 is 0 Å². The smallest absolute Gasteiger partial charge is 0.227 e. The van der Waals surface area contributed by atoms with Crippen LogP contribution in [0.15, 0.2) is 22.9 Å². The SMILES string of the molecule is Cc1noc(C)c1CC(=O)N1CCN(c2ccnc(Cl)c2)CC1. The van der Waals surface area contributed by atoms with Crippen LogP contribution in [0.1, 0.15) is 17.0 Å². The van der Waals surface area contributed by atoms with Gasteiger partial charge in [0.2, 0.25) is 5.91 Å². The maximum atomic E-state index is 12.5. The molecule has 0 radical (unpaired) electrons. The number of rotatable bonds is 3. The average Bonchev–Trinajstić information content (AvgIpc) is 2.87. The minimum atomic E-state index is 0.117. The van der Waals surface area contributed by atoms with E-state index in [0.717, 1.165) is 35.8 Å². The van der Waals surface area contributed by atoms with E-state index in [-0.39, 0.29) is 5.91 Å². The van der Waals surface area contributed by atoms with Crippen molar-refractivity contribution < 1.29 is 9.32 Å². The zero-order valence-electron chi connectivity index (χ0n) is 13.3. The van der Waals surface area contributed by atoms with Crippen molar-refractivity contribution in [2.75, 3.05) is 31.1 Å². The Balaban J connectivity index is 1.59. The Kier molecular flexibility index (Phi) is 4.52. The monoisotopic (exact) mass is 334 g/mol. The van der Waals surface area contributed by atoms with Crippen LogP contribution in [0, 0.1) is 13.8 Å². The van der Waals surface area contributed by atoms with Gasteiger partial charge in [0.15, 0.2) is 0 Å². The number of halogens is 1. The van der Waals surface area contributed by atoms with Gasteiger partial charge < -0.3 is 14.3 Å². The van der Waals surface area contributed by atoms with Crippen LogP contribution >= 0.6 is 11.6 Å². The van der Waals surface area contributed by atoms with Gasteiger partial charge in [-0.25, -0.2) is 4.98 Å². The zero-order chi connectivity index (χ0) is 16.4. The second-order valence-electron chi connectivity index (χ2n) is 5.68. The van der Waals surface area contributed by atoms with Crippen LogP contribution in [-0.2, 0) is 11.2 Å². The quantitative estimate of drug-likeness (QED) is 0.805. The Hall–Kier alpha value is -2.08. The number of carbonyl (C=O) groups is 1. The third-order valence-corrected chi connectivity index (χ3v) is 4.42. The molecule has 0 bridgehead atoms. The molecular weight excluding hydrogens is 316 g/mol. The van der Waals surface area contributed by atoms with Crippen molar-refractivity contribution in [2.24, 2.45) is 0 Å². The fraction of sp³-hybridized carbons (Fsp3) is 0.438. The number of hydrogen-bond donors (Lipinski definition) is 0. The summed E-state index contributed by atoms with van der Waals surface area (Å²) in [6.45, 7) is 6.67. The van der Waals surface area contributed by atoms with Crippen LogP contribution in [0.25, 0.3) is 0 Å². The summed E-state index contributed by atoms with van der Waals surface area (Å²) in [7, 11) is 0. The number of piperazine rings is 1. The normalized spacial score (nSPS) is 15.1. The van der Waals surface area contributed by atoms with Crippen molar-refractivity contribution in [3.05, 3.63) is 40.5 Å². The van der Waals surface area contributed by atoms with Gasteiger partial charge in [-0.1, -0.05) is 16.8 Å². The lowest BCUT2D eigenvalue weighted by Gasteiger charge is -2.36. The fourth-order valence-electron chi connectivity index (χ4n) is 2.82. The van der Waals surface area contributed by atoms with Gasteiger partial charge in [0.05, 0.1) is 12.1 Å². The first-order chi connectivity index (χ1) is 11.0. The van der Waals surface area contributed by atoms with Gasteiger partial charge in [0, 0.05) is 43.6 Å². The first-order valence-corrected chi connectivity index (χ1v) is 7.98. The molecule has 6 nitrogen and oxygen atoms in total. The molecule has 122 valence electrons. The maximum absolute atomic E-state index is 12.5. The molecule has 2 aromatic heterocycles. The lowest BCUT2D eigenvalue weighted by Crippen LogP contribution is -2.49. The van der Waals surface area contributed by atoms with E-state index in [1.54, 1.807) is 6.20 Å². The molecule has 0 aliphatic carbocycles. The van der Waals surface area contributed by atoms with Crippen LogP contribution in [0.2, 0.25) is 5.15 Å². The molecule has 1 saturated heterocycles. The van der Waals surface area contributed by atoms with Crippen molar-refractivity contribution >= 4 is 23.2 Å². The standard InChI is InChI=1S/C16H19ClN4O2/c1-11-14(12(2)23-19-11)10-16(22)21-7-5-20(6-8-21)13-3-4-18-15(17)9-13/h3-4,9H,5-8,10H2,1-2H3. The molecule has 0 saturated carbocycles. The van der Waals surface area contributed by atoms with E-state index < -0.39 is 0 Å². The first-order valence-electron chi connectivity index (χ1n) is 7.60. The molecule has 0 N–H and O–H groups in total.